The molecule has 0 saturated carbocycles. The minimum Gasteiger partial charge on any atom is -0.371 e. The van der Waals surface area contributed by atoms with E-state index >= 15 is 0 Å². The number of nitrogens with zero attached hydrogens (tertiary/aromatic N) is 7. The smallest absolute Gasteiger partial charge is 0.201 e. The first-order valence-electron chi connectivity index (χ1n) is 19.5. The van der Waals surface area contributed by atoms with Crippen molar-refractivity contribution in [3.8, 4) is 10.6 Å². The summed E-state index contributed by atoms with van der Waals surface area (Å²) in [6.07, 6.45) is 4.75. The Morgan fingerprint density at radius 2 is 1.02 bits per heavy atom. The first-order valence-corrected chi connectivity index (χ1v) is 20.3. The molecule has 7 nitrogen and oxygen atoms in total. The standard InChI is InChI=1S/C40H70N7S/c1-9-42(10-2)25-17-29-46(30-18-26-43(11-3)12-4)35-21-23-37-39(33-35)48-40-34-36(22-24-38(40)41-37)47(31-19-27-44(13-5)14-6)32-20-28-45(15-7)16-8/h21-24,33-34H,9-20,25-32H2,1-8H3/q+1. The number of hydrogen-bond acceptors (Lipinski definition) is 7. The van der Waals surface area contributed by atoms with E-state index < -0.39 is 0 Å². The quantitative estimate of drug-likeness (QED) is 0.0715. The lowest BCUT2D eigenvalue weighted by Gasteiger charge is -2.28. The molecule has 270 valence electrons. The zero-order valence-corrected chi connectivity index (χ0v) is 33.0. The van der Waals surface area contributed by atoms with E-state index in [-0.39, 0.29) is 0 Å². The van der Waals surface area contributed by atoms with Gasteiger partial charge < -0.3 is 24.5 Å². The molecule has 0 amide bonds. The van der Waals surface area contributed by atoms with E-state index in [1.165, 1.54) is 46.3 Å². The van der Waals surface area contributed by atoms with Gasteiger partial charge in [-0.15, -0.1) is 11.3 Å². The largest absolute Gasteiger partial charge is 0.371 e. The number of rotatable bonds is 25. The molecule has 1 aromatic carbocycles. The van der Waals surface area contributed by atoms with E-state index in [1.54, 1.807) is 0 Å². The molecule has 0 aromatic heterocycles. The second-order valence-electron chi connectivity index (χ2n) is 13.0. The second kappa shape index (κ2) is 22.6. The lowest BCUT2D eigenvalue weighted by Crippen LogP contribution is -2.36. The van der Waals surface area contributed by atoms with Crippen molar-refractivity contribution in [2.24, 2.45) is 0 Å². The monoisotopic (exact) mass is 681 g/mol. The van der Waals surface area contributed by atoms with Crippen molar-refractivity contribution in [3.05, 3.63) is 41.8 Å². The van der Waals surface area contributed by atoms with Crippen LogP contribution in [-0.2, 0) is 0 Å². The summed E-state index contributed by atoms with van der Waals surface area (Å²) in [6.45, 7) is 36.2. The fourth-order valence-electron chi connectivity index (χ4n) is 6.84. The summed E-state index contributed by atoms with van der Waals surface area (Å²) < 4.78 is 3.91. The van der Waals surface area contributed by atoms with Crippen molar-refractivity contribution in [3.63, 3.8) is 0 Å². The zero-order valence-electron chi connectivity index (χ0n) is 32.1. The summed E-state index contributed by atoms with van der Waals surface area (Å²) in [6, 6.07) is 14.0. The maximum atomic E-state index is 5.16. The summed E-state index contributed by atoms with van der Waals surface area (Å²) in [5.41, 5.74) is 3.54. The molecule has 48 heavy (non-hydrogen) atoms. The second-order valence-corrected chi connectivity index (χ2v) is 14.1. The molecule has 1 heterocycles. The molecule has 2 aliphatic rings. The van der Waals surface area contributed by atoms with Crippen LogP contribution in [0, 0.1) is 0 Å². The highest BCUT2D eigenvalue weighted by Gasteiger charge is 2.15. The van der Waals surface area contributed by atoms with Gasteiger partial charge in [0.15, 0.2) is 0 Å². The fourth-order valence-corrected chi connectivity index (χ4v) is 7.87. The predicted octanol–water partition coefficient (Wildman–Crippen LogP) is 6.91. The van der Waals surface area contributed by atoms with Crippen molar-refractivity contribution < 1.29 is 0 Å². The maximum Gasteiger partial charge on any atom is 0.201 e. The van der Waals surface area contributed by atoms with Crippen LogP contribution in [0.5, 0.6) is 0 Å². The van der Waals surface area contributed by atoms with Gasteiger partial charge in [-0.05, 0) is 103 Å². The van der Waals surface area contributed by atoms with Gasteiger partial charge in [-0.2, -0.15) is 0 Å². The Morgan fingerprint density at radius 1 is 0.542 bits per heavy atom. The maximum absolute atomic E-state index is 5.16. The highest BCUT2D eigenvalue weighted by molar-refractivity contribution is 7.21. The van der Waals surface area contributed by atoms with Crippen LogP contribution < -0.4 is 14.8 Å². The highest BCUT2D eigenvalue weighted by atomic mass is 32.1. The summed E-state index contributed by atoms with van der Waals surface area (Å²) >= 11 is 1.91. The summed E-state index contributed by atoms with van der Waals surface area (Å²) in [4.78, 5) is 19.2. The van der Waals surface area contributed by atoms with Crippen molar-refractivity contribution in [2.75, 3.05) is 110 Å². The van der Waals surface area contributed by atoms with Gasteiger partial charge in [0, 0.05) is 56.8 Å². The van der Waals surface area contributed by atoms with Gasteiger partial charge in [-0.3, -0.25) is 0 Å². The molecular weight excluding hydrogens is 611 g/mol. The minimum atomic E-state index is 1.09. The molecule has 0 unspecified atom stereocenters. The average molecular weight is 681 g/mol. The summed E-state index contributed by atoms with van der Waals surface area (Å²) in [5, 5.41) is 1.34. The van der Waals surface area contributed by atoms with Crippen molar-refractivity contribution in [2.45, 2.75) is 81.1 Å². The third-order valence-electron chi connectivity index (χ3n) is 10.3. The van der Waals surface area contributed by atoms with Crippen molar-refractivity contribution in [1.82, 2.24) is 29.2 Å². The fraction of sp³-hybridized carbons (Fsp3) is 0.700. The third kappa shape index (κ3) is 12.7. The molecule has 0 bridgehead atoms. The van der Waals surface area contributed by atoms with Crippen LogP contribution in [0.4, 0.5) is 5.69 Å². The Kier molecular flexibility index (Phi) is 19.0. The molecule has 0 fully saturated rings. The molecule has 1 aliphatic heterocycles. The van der Waals surface area contributed by atoms with Gasteiger partial charge >= 0.3 is 0 Å². The van der Waals surface area contributed by atoms with Crippen LogP contribution in [0.25, 0.3) is 20.8 Å². The van der Waals surface area contributed by atoms with Gasteiger partial charge in [0.25, 0.3) is 0 Å². The van der Waals surface area contributed by atoms with Crippen molar-refractivity contribution >= 4 is 27.2 Å². The molecule has 1 aromatic rings. The van der Waals surface area contributed by atoms with E-state index in [2.05, 4.69) is 121 Å². The number of fused-ring (bicyclic) bond motifs is 2. The first-order chi connectivity index (χ1) is 23.4. The molecule has 8 heteroatoms. The topological polar surface area (TPSA) is 32.1 Å². The van der Waals surface area contributed by atoms with Crippen LogP contribution in [0.1, 0.15) is 81.1 Å². The minimum absolute atomic E-state index is 1.09. The molecule has 0 atom stereocenters. The number of hydrogen-bond donors (Lipinski definition) is 0. The van der Waals surface area contributed by atoms with E-state index in [1.807, 2.05) is 11.3 Å². The Bertz CT molecular complexity index is 1290. The number of aromatic nitrogens is 1. The molecule has 0 spiro atoms. The van der Waals surface area contributed by atoms with E-state index in [4.69, 9.17) is 4.98 Å². The molecule has 0 radical (unpaired) electrons. The van der Waals surface area contributed by atoms with Crippen LogP contribution in [-0.4, -0.2) is 129 Å². The molecular formula is C40H70N7S+. The average Bonchev–Trinajstić information content (AvgIpc) is 3.12. The lowest BCUT2D eigenvalue weighted by atomic mass is 10.2. The Balaban J connectivity index is 1.93. The lowest BCUT2D eigenvalue weighted by molar-refractivity contribution is 0.284. The first kappa shape index (κ1) is 40.3. The van der Waals surface area contributed by atoms with E-state index in [0.29, 0.717) is 0 Å². The van der Waals surface area contributed by atoms with Crippen LogP contribution in [0.15, 0.2) is 36.4 Å². The predicted molar refractivity (Wildman–Crippen MR) is 213 cm³/mol. The van der Waals surface area contributed by atoms with Gasteiger partial charge in [-0.1, -0.05) is 55.4 Å². The van der Waals surface area contributed by atoms with Gasteiger partial charge in [-0.25, -0.2) is 9.56 Å². The van der Waals surface area contributed by atoms with Crippen LogP contribution in [0.2, 0.25) is 0 Å². The van der Waals surface area contributed by atoms with Crippen molar-refractivity contribution in [1.29, 1.82) is 0 Å². The Morgan fingerprint density at radius 3 is 1.50 bits per heavy atom. The third-order valence-corrected chi connectivity index (χ3v) is 11.4. The SMILES string of the molecule is CCN(CC)CCCN(CCCN(CC)CC)c1ccc2nc3ccc(=[N+](CCCN(CC)CC)CCCN(CC)CC)cc-3sc2c1. The Labute approximate surface area is 298 Å². The van der Waals surface area contributed by atoms with Gasteiger partial charge in [0.05, 0.1) is 20.8 Å². The molecule has 0 N–H and O–H groups in total. The molecule has 1 aliphatic carbocycles. The highest BCUT2D eigenvalue weighted by Crippen LogP contribution is 2.32. The van der Waals surface area contributed by atoms with Crippen LogP contribution in [0.3, 0.4) is 0 Å². The summed E-state index contributed by atoms with van der Waals surface area (Å²) in [7, 11) is 0. The Hall–Kier alpha value is -2.10. The number of benzene rings is 2. The van der Waals surface area contributed by atoms with Crippen LogP contribution >= 0.6 is 11.3 Å². The van der Waals surface area contributed by atoms with E-state index in [0.717, 1.165) is 116 Å². The molecule has 0 saturated heterocycles. The molecule has 3 rings (SSSR count). The van der Waals surface area contributed by atoms with Gasteiger partial charge in [0.2, 0.25) is 5.36 Å². The normalized spacial score (nSPS) is 12.1. The van der Waals surface area contributed by atoms with Gasteiger partial charge in [0.1, 0.15) is 13.1 Å². The van der Waals surface area contributed by atoms with E-state index in [9.17, 15) is 0 Å². The number of anilines is 1. The zero-order chi connectivity index (χ0) is 34.7. The summed E-state index contributed by atoms with van der Waals surface area (Å²) in [5.74, 6) is 0.